The summed E-state index contributed by atoms with van der Waals surface area (Å²) >= 11 is 0. The molecule has 2 N–H and O–H groups in total. The Morgan fingerprint density at radius 1 is 0.571 bits per heavy atom. The number of rotatable bonds is 7. The van der Waals surface area contributed by atoms with Crippen LogP contribution >= 0.6 is 0 Å². The fourth-order valence-electron chi connectivity index (χ4n) is 7.01. The highest BCUT2D eigenvalue weighted by Crippen LogP contribution is 2.29. The molecule has 70 heavy (non-hydrogen) atoms. The largest absolute Gasteiger partial charge is 0.741 e. The molecule has 0 spiro atoms. The zero-order chi connectivity index (χ0) is 50.0. The van der Waals surface area contributed by atoms with Crippen molar-refractivity contribution >= 4 is 37.6 Å². The molecule has 18 heteroatoms. The van der Waals surface area contributed by atoms with Gasteiger partial charge in [0, 0.05) is 12.0 Å². The first-order valence-electron chi connectivity index (χ1n) is 22.8. The van der Waals surface area contributed by atoms with Crippen LogP contribution < -0.4 is 24.3 Å². The Kier molecular flexibility index (Phi) is 23.0. The van der Waals surface area contributed by atoms with Crippen molar-refractivity contribution in [2.75, 3.05) is 92.4 Å². The molecular weight excluding hydrogens is 936 g/mol. The monoisotopic (exact) mass is 995 g/mol. The predicted molar refractivity (Wildman–Crippen MR) is 257 cm³/mol. The highest BCUT2D eigenvalue weighted by molar-refractivity contribution is 7.86. The number of quaternary nitrogens is 1. The molecule has 0 amide bonds. The number of benzene rings is 6. The van der Waals surface area contributed by atoms with E-state index in [1.165, 1.54) is 27.1 Å². The fourth-order valence-corrected chi connectivity index (χ4v) is 7.01. The van der Waals surface area contributed by atoms with Crippen LogP contribution in [0.25, 0.3) is 21.5 Å². The minimum Gasteiger partial charge on any atom is -0.741 e. The Labute approximate surface area is 406 Å². The molecule has 0 atom stereocenters. The lowest BCUT2D eigenvalue weighted by atomic mass is 9.97. The Hall–Kier alpha value is -5.99. The summed E-state index contributed by atoms with van der Waals surface area (Å²) in [4.78, 5) is 12.3. The van der Waals surface area contributed by atoms with Gasteiger partial charge in [-0.05, 0) is 77.9 Å². The van der Waals surface area contributed by atoms with Crippen molar-refractivity contribution in [3.8, 4) is 23.0 Å². The quantitative estimate of drug-likeness (QED) is 0.0537. The summed E-state index contributed by atoms with van der Waals surface area (Å²) in [7, 11) is -6.09. The maximum atomic E-state index is 12.3. The van der Waals surface area contributed by atoms with E-state index in [1.807, 2.05) is 74.5 Å². The van der Waals surface area contributed by atoms with E-state index in [0.717, 1.165) is 30.6 Å². The van der Waals surface area contributed by atoms with E-state index in [1.54, 1.807) is 0 Å². The molecule has 7 rings (SSSR count). The third-order valence-corrected chi connectivity index (χ3v) is 10.7. The van der Waals surface area contributed by atoms with E-state index in [4.69, 9.17) is 55.6 Å². The van der Waals surface area contributed by atoms with Crippen LogP contribution in [-0.2, 0) is 40.3 Å². The molecule has 0 saturated carbocycles. The van der Waals surface area contributed by atoms with Crippen LogP contribution in [0, 0.1) is 13.8 Å². The lowest BCUT2D eigenvalue weighted by Crippen LogP contribution is -2.82. The first-order valence-corrected chi connectivity index (χ1v) is 24.2. The number of halogens is 3. The lowest BCUT2D eigenvalue weighted by molar-refractivity contribution is -0.670. The predicted octanol–water partition coefficient (Wildman–Crippen LogP) is 7.95. The first-order chi connectivity index (χ1) is 33.8. The van der Waals surface area contributed by atoms with Gasteiger partial charge >= 0.3 is 11.5 Å². The van der Waals surface area contributed by atoms with Crippen molar-refractivity contribution in [1.82, 2.24) is 0 Å². The van der Waals surface area contributed by atoms with Gasteiger partial charge in [0.15, 0.2) is 33.1 Å². The third kappa shape index (κ3) is 19.1. The highest BCUT2D eigenvalue weighted by atomic mass is 32.2. The molecule has 0 fully saturated rings. The summed E-state index contributed by atoms with van der Waals surface area (Å²) in [6, 6.07) is 40.4. The van der Waals surface area contributed by atoms with Crippen molar-refractivity contribution in [2.24, 2.45) is 0 Å². The molecule has 1 aliphatic heterocycles. The Morgan fingerprint density at radius 3 is 1.31 bits per heavy atom. The van der Waals surface area contributed by atoms with Crippen molar-refractivity contribution in [3.05, 3.63) is 144 Å². The number of aryl methyl sites for hydroxylation is 2. The molecule has 1 heterocycles. The van der Waals surface area contributed by atoms with Crippen LogP contribution in [0.2, 0.25) is 0 Å². The minimum absolute atomic E-state index is 0.234. The van der Waals surface area contributed by atoms with Crippen LogP contribution in [0.5, 0.6) is 23.0 Å². The maximum Gasteiger partial charge on any atom is 0.485 e. The number of alkyl halides is 3. The molecule has 378 valence electrons. The number of fused-ring (bicyclic) bond motifs is 4. The molecule has 6 aromatic rings. The number of esters is 1. The average Bonchev–Trinajstić information content (AvgIpc) is 3.33. The number of hydrogen-bond acceptors (Lipinski definition) is 13. The number of ether oxygens (including phenoxy) is 9. The van der Waals surface area contributed by atoms with Gasteiger partial charge in [-0.25, -0.2) is 13.2 Å². The number of hydrogen-bond donors (Lipinski definition) is 1. The molecule has 0 aliphatic carbocycles. The van der Waals surface area contributed by atoms with Crippen LogP contribution in [0.15, 0.2) is 121 Å². The van der Waals surface area contributed by atoms with Gasteiger partial charge < -0.3 is 52.5 Å². The van der Waals surface area contributed by atoms with Crippen LogP contribution in [0.3, 0.4) is 0 Å². The van der Waals surface area contributed by atoms with Gasteiger partial charge in [-0.15, -0.1) is 0 Å². The Balaban J connectivity index is 0.000000226. The highest BCUT2D eigenvalue weighted by Gasteiger charge is 2.37. The second kappa shape index (κ2) is 29.3. The van der Waals surface area contributed by atoms with E-state index in [2.05, 4.69) is 66.0 Å². The van der Waals surface area contributed by atoms with Crippen molar-refractivity contribution < 1.29 is 78.9 Å². The zero-order valence-electron chi connectivity index (χ0n) is 39.3. The van der Waals surface area contributed by atoms with E-state index in [9.17, 15) is 18.0 Å². The molecule has 0 saturated heterocycles. The van der Waals surface area contributed by atoms with Crippen LogP contribution in [0.1, 0.15) is 33.5 Å². The summed E-state index contributed by atoms with van der Waals surface area (Å²) in [5.74, 6) is 2.50. The van der Waals surface area contributed by atoms with Gasteiger partial charge in [0.2, 0.25) is 0 Å². The van der Waals surface area contributed by atoms with Gasteiger partial charge in [0.05, 0.1) is 71.6 Å². The van der Waals surface area contributed by atoms with Crippen molar-refractivity contribution in [2.45, 2.75) is 32.3 Å². The lowest BCUT2D eigenvalue weighted by Gasteiger charge is -2.14. The average molecular weight is 996 g/mol. The first kappa shape index (κ1) is 54.9. The number of para-hydroxylation sites is 4. The van der Waals surface area contributed by atoms with Crippen LogP contribution in [-0.4, -0.2) is 117 Å². The molecule has 0 radical (unpaired) electrons. The molecule has 1 aliphatic rings. The zero-order valence-corrected chi connectivity index (χ0v) is 40.1. The van der Waals surface area contributed by atoms with E-state index in [-0.39, 0.29) is 5.97 Å². The minimum atomic E-state index is -6.09. The van der Waals surface area contributed by atoms with E-state index in [0.29, 0.717) is 114 Å². The number of carbonyl (C=O) groups is 1. The second-order valence-electron chi connectivity index (χ2n) is 15.6. The summed E-state index contributed by atoms with van der Waals surface area (Å²) in [5, 5.41) is 7.49. The summed E-state index contributed by atoms with van der Waals surface area (Å²) in [6.07, 6.45) is 0.833. The third-order valence-electron chi connectivity index (χ3n) is 10.1. The number of nitrogens with two attached hydrogens (primary N) is 1. The molecule has 14 nitrogen and oxygen atoms in total. The normalized spacial score (nSPS) is 14.7. The summed E-state index contributed by atoms with van der Waals surface area (Å²) in [6.45, 7) is 11.7. The van der Waals surface area contributed by atoms with Crippen LogP contribution in [0.4, 0.5) is 13.2 Å². The SMILES string of the molecule is Cc1cc(C)cc(C(=O)OCCC[NH2+]Cc2c3ccccc3cc3ccccc23)c1.O=S(=O)([O-])C(F)(F)F.c1ccc2c(c1)OCCOCCOCCOc1ccccc1OCCOCCOCCO2. The molecule has 0 bridgehead atoms. The van der Waals surface area contributed by atoms with Gasteiger partial charge in [-0.3, -0.25) is 0 Å². The molecule has 0 unspecified atom stereocenters. The van der Waals surface area contributed by atoms with Gasteiger partial charge in [-0.2, -0.15) is 13.2 Å². The standard InChI is InChI=1S/C27H27NO2.C24H32O8.CHF3O3S/c1-19-14-20(2)16-23(15-19)27(29)30-13-7-12-28-18-26-24-10-5-3-8-21(24)17-22-9-4-6-11-25(22)26;1-2-6-22-21(5-1)29-17-13-25-9-10-27-15-19-31-23-7-3-4-8-24(23)32-20-16-28-12-11-26-14-18-30-22;2-1(3,4)8(5,6)7/h3-6,8-11,14-17,28H,7,12-13,18H2,1-2H3;1-8H,9-20H2;(H,5,6,7). The molecular formula is C52H60F3NO13S. The molecule has 6 aromatic carbocycles. The second-order valence-corrected chi connectivity index (χ2v) is 17.0. The van der Waals surface area contributed by atoms with Crippen molar-refractivity contribution in [1.29, 1.82) is 0 Å². The van der Waals surface area contributed by atoms with E-state index >= 15 is 0 Å². The summed E-state index contributed by atoms with van der Waals surface area (Å²) in [5.41, 5.74) is -1.47. The summed E-state index contributed by atoms with van der Waals surface area (Å²) < 4.78 is 110. The Morgan fingerprint density at radius 2 is 0.929 bits per heavy atom. The number of carbonyl (C=O) groups excluding carboxylic acids is 1. The smallest absolute Gasteiger partial charge is 0.485 e. The molecule has 0 aromatic heterocycles. The van der Waals surface area contributed by atoms with E-state index < -0.39 is 15.6 Å². The Bertz CT molecular complexity index is 2430. The van der Waals surface area contributed by atoms with Gasteiger partial charge in [-0.1, -0.05) is 90.0 Å². The topological polar surface area (TPSA) is 174 Å². The van der Waals surface area contributed by atoms with Gasteiger partial charge in [0.1, 0.15) is 33.0 Å². The van der Waals surface area contributed by atoms with Gasteiger partial charge in [0.25, 0.3) is 0 Å². The maximum absolute atomic E-state index is 12.3. The van der Waals surface area contributed by atoms with Crippen molar-refractivity contribution in [3.63, 3.8) is 0 Å². The fraction of sp³-hybridized carbons (Fsp3) is 0.365.